The van der Waals surface area contributed by atoms with E-state index >= 15 is 0 Å². The number of aromatic nitrogens is 2. The average molecular weight is 441 g/mol. The van der Waals surface area contributed by atoms with Gasteiger partial charge in [0.2, 0.25) is 16.0 Å². The van der Waals surface area contributed by atoms with E-state index in [4.69, 9.17) is 10.9 Å². The van der Waals surface area contributed by atoms with E-state index in [1.807, 2.05) is 0 Å². The number of halogens is 1. The molecule has 1 aromatic carbocycles. The van der Waals surface area contributed by atoms with Crippen LogP contribution >= 0.6 is 15.9 Å². The summed E-state index contributed by atoms with van der Waals surface area (Å²) in [6, 6.07) is 6.12. The van der Waals surface area contributed by atoms with Crippen molar-refractivity contribution < 1.29 is 8.42 Å². The van der Waals surface area contributed by atoms with Gasteiger partial charge >= 0.3 is 0 Å². The molecule has 0 amide bonds. The van der Waals surface area contributed by atoms with Crippen molar-refractivity contribution in [3.05, 3.63) is 34.9 Å². The first-order valence-electron chi connectivity index (χ1n) is 8.24. The molecular weight excluding hydrogens is 420 g/mol. The van der Waals surface area contributed by atoms with Crippen molar-refractivity contribution in [2.45, 2.75) is 17.7 Å². The lowest BCUT2D eigenvalue weighted by Crippen LogP contribution is -2.36. The number of hydrogen-bond acceptors (Lipinski definition) is 7. The molecule has 8 nitrogen and oxygen atoms in total. The maximum absolute atomic E-state index is 11.3. The Morgan fingerprint density at radius 1 is 1.23 bits per heavy atom. The van der Waals surface area contributed by atoms with Crippen LogP contribution in [0.4, 0.5) is 17.5 Å². The van der Waals surface area contributed by atoms with Crippen LogP contribution in [-0.4, -0.2) is 38.0 Å². The standard InChI is InChI=1S/C16H21BrN6O2S/c17-14-10-20-16(21-12-1-3-13(4-2-12)26(19,24)25)22-15(14)23-7-5-11(9-18)6-8-23/h1-4,10-11H,5-9,18H2,(H2,19,24,25)(H,20,21,22). The molecule has 26 heavy (non-hydrogen) atoms. The number of anilines is 3. The van der Waals surface area contributed by atoms with Gasteiger partial charge < -0.3 is 16.0 Å². The first-order chi connectivity index (χ1) is 12.4. The summed E-state index contributed by atoms with van der Waals surface area (Å²) in [6.45, 7) is 2.53. The summed E-state index contributed by atoms with van der Waals surface area (Å²) in [5, 5.41) is 8.19. The lowest BCUT2D eigenvalue weighted by atomic mass is 9.97. The fourth-order valence-electron chi connectivity index (χ4n) is 2.88. The second-order valence-electron chi connectivity index (χ2n) is 6.23. The van der Waals surface area contributed by atoms with Crippen LogP contribution in [0.25, 0.3) is 0 Å². The molecule has 0 radical (unpaired) electrons. The molecule has 3 rings (SSSR count). The topological polar surface area (TPSA) is 127 Å². The Morgan fingerprint density at radius 3 is 2.46 bits per heavy atom. The monoisotopic (exact) mass is 440 g/mol. The number of piperidine rings is 1. The van der Waals surface area contributed by atoms with Gasteiger partial charge in [0.05, 0.1) is 9.37 Å². The van der Waals surface area contributed by atoms with Gasteiger partial charge in [0, 0.05) is 25.0 Å². The Bertz CT molecular complexity index is 867. The summed E-state index contributed by atoms with van der Waals surface area (Å²) in [5.74, 6) is 1.84. The maximum Gasteiger partial charge on any atom is 0.238 e. The van der Waals surface area contributed by atoms with Crippen LogP contribution in [0.15, 0.2) is 39.8 Å². The summed E-state index contributed by atoms with van der Waals surface area (Å²) in [5.41, 5.74) is 6.43. The lowest BCUT2D eigenvalue weighted by Gasteiger charge is -2.32. The van der Waals surface area contributed by atoms with Crippen molar-refractivity contribution in [1.29, 1.82) is 0 Å². The Labute approximate surface area is 161 Å². The largest absolute Gasteiger partial charge is 0.355 e. The van der Waals surface area contributed by atoms with E-state index in [1.165, 1.54) is 12.1 Å². The molecule has 2 aromatic rings. The fraction of sp³-hybridized carbons (Fsp3) is 0.375. The number of rotatable bonds is 5. The zero-order valence-electron chi connectivity index (χ0n) is 14.1. The SMILES string of the molecule is NCC1CCN(c2nc(Nc3ccc(S(N)(=O)=O)cc3)ncc2Br)CC1. The fourth-order valence-corrected chi connectivity index (χ4v) is 3.83. The van der Waals surface area contributed by atoms with Gasteiger partial charge in [0.15, 0.2) is 0 Å². The van der Waals surface area contributed by atoms with Crippen LogP contribution in [0, 0.1) is 5.92 Å². The smallest absolute Gasteiger partial charge is 0.238 e. The van der Waals surface area contributed by atoms with Crippen molar-refractivity contribution in [3.63, 3.8) is 0 Å². The van der Waals surface area contributed by atoms with E-state index in [2.05, 4.69) is 36.1 Å². The molecule has 140 valence electrons. The zero-order chi connectivity index (χ0) is 18.7. The predicted molar refractivity (Wildman–Crippen MR) is 105 cm³/mol. The molecule has 0 bridgehead atoms. The second kappa shape index (κ2) is 7.87. The molecule has 0 spiro atoms. The van der Waals surface area contributed by atoms with Gasteiger partial charge in [-0.05, 0) is 65.5 Å². The molecule has 0 unspecified atom stereocenters. The van der Waals surface area contributed by atoms with E-state index < -0.39 is 10.0 Å². The van der Waals surface area contributed by atoms with Crippen LogP contribution in [0.3, 0.4) is 0 Å². The summed E-state index contributed by atoms with van der Waals surface area (Å²) >= 11 is 3.52. The maximum atomic E-state index is 11.3. The molecule has 1 saturated heterocycles. The normalized spacial score (nSPS) is 15.9. The van der Waals surface area contributed by atoms with Crippen molar-refractivity contribution >= 4 is 43.4 Å². The first kappa shape index (κ1) is 19.0. The number of primary sulfonamides is 1. The summed E-state index contributed by atoms with van der Waals surface area (Å²) in [7, 11) is -3.71. The molecule has 1 fully saturated rings. The van der Waals surface area contributed by atoms with Crippen molar-refractivity contribution in [2.75, 3.05) is 29.9 Å². The molecule has 5 N–H and O–H groups in total. The van der Waals surface area contributed by atoms with Gasteiger partial charge in [-0.1, -0.05) is 0 Å². The highest BCUT2D eigenvalue weighted by molar-refractivity contribution is 9.10. The number of nitrogens with one attached hydrogen (secondary N) is 1. The minimum Gasteiger partial charge on any atom is -0.355 e. The van der Waals surface area contributed by atoms with Gasteiger partial charge in [0.1, 0.15) is 5.82 Å². The van der Waals surface area contributed by atoms with E-state index in [9.17, 15) is 8.42 Å². The van der Waals surface area contributed by atoms with Gasteiger partial charge in [-0.3, -0.25) is 0 Å². The van der Waals surface area contributed by atoms with Crippen molar-refractivity contribution in [3.8, 4) is 0 Å². The molecule has 0 aliphatic carbocycles. The van der Waals surface area contributed by atoms with Crippen LogP contribution in [0.1, 0.15) is 12.8 Å². The molecular formula is C16H21BrN6O2S. The third kappa shape index (κ3) is 4.50. The summed E-state index contributed by atoms with van der Waals surface area (Å²) in [4.78, 5) is 11.1. The summed E-state index contributed by atoms with van der Waals surface area (Å²) < 4.78 is 23.5. The third-order valence-electron chi connectivity index (χ3n) is 4.41. The number of hydrogen-bond donors (Lipinski definition) is 3. The summed E-state index contributed by atoms with van der Waals surface area (Å²) in [6.07, 6.45) is 3.80. The molecule has 0 atom stereocenters. The number of nitrogens with two attached hydrogens (primary N) is 2. The highest BCUT2D eigenvalue weighted by atomic mass is 79.9. The Balaban J connectivity index is 1.75. The molecule has 2 heterocycles. The minimum absolute atomic E-state index is 0.0586. The van der Waals surface area contributed by atoms with Crippen LogP contribution in [-0.2, 0) is 10.0 Å². The van der Waals surface area contributed by atoms with E-state index in [0.29, 0.717) is 17.6 Å². The Kier molecular flexibility index (Phi) is 5.76. The molecule has 1 aliphatic rings. The van der Waals surface area contributed by atoms with Gasteiger partial charge in [-0.2, -0.15) is 4.98 Å². The Morgan fingerprint density at radius 2 is 1.88 bits per heavy atom. The van der Waals surface area contributed by atoms with E-state index in [0.717, 1.165) is 42.8 Å². The van der Waals surface area contributed by atoms with Crippen molar-refractivity contribution in [1.82, 2.24) is 9.97 Å². The number of benzene rings is 1. The lowest BCUT2D eigenvalue weighted by molar-refractivity contribution is 0.413. The predicted octanol–water partition coefficient (Wildman–Crippen LogP) is 1.81. The third-order valence-corrected chi connectivity index (χ3v) is 5.90. The molecule has 10 heteroatoms. The van der Waals surface area contributed by atoms with Crippen LogP contribution in [0.5, 0.6) is 0 Å². The zero-order valence-corrected chi connectivity index (χ0v) is 16.5. The molecule has 0 saturated carbocycles. The van der Waals surface area contributed by atoms with Gasteiger partial charge in [0.25, 0.3) is 0 Å². The average Bonchev–Trinajstić information content (AvgIpc) is 2.63. The Hall–Kier alpha value is -1.75. The minimum atomic E-state index is -3.71. The highest BCUT2D eigenvalue weighted by Gasteiger charge is 2.21. The van der Waals surface area contributed by atoms with Gasteiger partial charge in [-0.25, -0.2) is 18.5 Å². The quantitative estimate of drug-likeness (QED) is 0.646. The molecule has 1 aliphatic heterocycles. The van der Waals surface area contributed by atoms with Crippen LogP contribution in [0.2, 0.25) is 0 Å². The second-order valence-corrected chi connectivity index (χ2v) is 8.64. The number of nitrogens with zero attached hydrogens (tertiary/aromatic N) is 3. The first-order valence-corrected chi connectivity index (χ1v) is 10.6. The van der Waals surface area contributed by atoms with E-state index in [-0.39, 0.29) is 4.90 Å². The number of sulfonamides is 1. The van der Waals surface area contributed by atoms with Crippen molar-refractivity contribution in [2.24, 2.45) is 16.8 Å². The molecule has 1 aromatic heterocycles. The van der Waals surface area contributed by atoms with E-state index in [1.54, 1.807) is 18.3 Å². The van der Waals surface area contributed by atoms with Crippen LogP contribution < -0.4 is 21.1 Å². The highest BCUT2D eigenvalue weighted by Crippen LogP contribution is 2.29. The van der Waals surface area contributed by atoms with Gasteiger partial charge in [-0.15, -0.1) is 0 Å².